The van der Waals surface area contributed by atoms with Gasteiger partial charge in [0.15, 0.2) is 0 Å². The second kappa shape index (κ2) is 7.41. The molecule has 21 heavy (non-hydrogen) atoms. The number of carbonyl (C=O) groups is 2. The average molecular weight is 299 g/mol. The fraction of sp³-hybridized carbons (Fsp3) is 0.462. The molecule has 0 aliphatic rings. The Hall–Kier alpha value is -2.38. The Morgan fingerprint density at radius 3 is 2.86 bits per heavy atom. The van der Waals surface area contributed by atoms with Gasteiger partial charge in [0.05, 0.1) is 18.3 Å². The second-order valence-corrected chi connectivity index (χ2v) is 4.82. The maximum Gasteiger partial charge on any atom is 0.386 e. The minimum Gasteiger partial charge on any atom is -0.477 e. The lowest BCUT2D eigenvalue weighted by molar-refractivity contribution is -0.110. The van der Waals surface area contributed by atoms with E-state index >= 15 is 0 Å². The van der Waals surface area contributed by atoms with Crippen LogP contribution in [0.5, 0.6) is 5.88 Å². The highest BCUT2D eigenvalue weighted by Gasteiger charge is 2.21. The summed E-state index contributed by atoms with van der Waals surface area (Å²) in [5.41, 5.74) is -0.729. The molecule has 0 saturated carbocycles. The van der Waals surface area contributed by atoms with E-state index in [0.717, 1.165) is 6.20 Å². The molecule has 1 heterocycles. The van der Waals surface area contributed by atoms with Gasteiger partial charge in [-0.25, -0.2) is 14.4 Å². The Morgan fingerprint density at radius 1 is 1.57 bits per heavy atom. The predicted molar refractivity (Wildman–Crippen MR) is 73.1 cm³/mol. The van der Waals surface area contributed by atoms with Crippen LogP contribution in [0.1, 0.15) is 37.6 Å². The summed E-state index contributed by atoms with van der Waals surface area (Å²) in [4.78, 5) is 25.0. The Kier molecular flexibility index (Phi) is 5.89. The van der Waals surface area contributed by atoms with Crippen LogP contribution in [-0.4, -0.2) is 34.3 Å². The molecule has 0 saturated heterocycles. The van der Waals surface area contributed by atoms with Crippen molar-refractivity contribution < 1.29 is 23.8 Å². The number of rotatable bonds is 8. The lowest BCUT2D eigenvalue weighted by Gasteiger charge is -2.18. The molecule has 0 fully saturated rings. The number of hydrogen-bond donors (Lipinski definition) is 1. The molecule has 0 bridgehead atoms. The Morgan fingerprint density at radius 2 is 2.29 bits per heavy atom. The quantitative estimate of drug-likeness (QED) is 0.739. The first kappa shape index (κ1) is 16.7. The van der Waals surface area contributed by atoms with Crippen molar-refractivity contribution in [3.8, 4) is 5.88 Å². The third-order valence-corrected chi connectivity index (χ3v) is 2.55. The smallest absolute Gasteiger partial charge is 0.386 e. The van der Waals surface area contributed by atoms with Crippen molar-refractivity contribution in [2.45, 2.75) is 32.7 Å². The fourth-order valence-corrected chi connectivity index (χ4v) is 1.44. The third-order valence-electron chi connectivity index (χ3n) is 2.55. The van der Waals surface area contributed by atoms with Gasteiger partial charge >= 0.3 is 5.97 Å². The van der Waals surface area contributed by atoms with Crippen LogP contribution >= 0.6 is 0 Å². The Bertz CT molecular complexity index is 525. The molecule has 1 aromatic heterocycles. The summed E-state index contributed by atoms with van der Waals surface area (Å²) >= 11 is 0. The van der Waals surface area contributed by atoms with E-state index in [4.69, 9.17) is 4.74 Å². The van der Waals surface area contributed by atoms with Gasteiger partial charge in [-0.1, -0.05) is 6.92 Å². The zero-order valence-electron chi connectivity index (χ0n) is 12.1. The minimum absolute atomic E-state index is 0.0812. The number of carbonyl (C=O) groups excluding carboxylic acids is 2. The van der Waals surface area contributed by atoms with Gasteiger partial charge < -0.3 is 10.1 Å². The first-order valence-electron chi connectivity index (χ1n) is 6.39. The monoisotopic (exact) mass is 299 g/mol. The molecule has 7 nitrogen and oxygen atoms in total. The van der Waals surface area contributed by atoms with Gasteiger partial charge in [-0.3, -0.25) is 4.79 Å². The molecule has 0 aromatic carbocycles. The molecule has 116 valence electrons. The normalized spacial score (nSPS) is 11.4. The van der Waals surface area contributed by atoms with E-state index < -0.39 is 11.5 Å². The SMILES string of the molecule is CCCOc1c(C(=O)OF)cnn1/C=C/C(C)(C)NC=O. The summed E-state index contributed by atoms with van der Waals surface area (Å²) in [5.74, 6) is -1.09. The first-order valence-corrected chi connectivity index (χ1v) is 6.39. The van der Waals surface area contributed by atoms with Crippen LogP contribution in [0.4, 0.5) is 4.53 Å². The standard InChI is InChI=1S/C13H18FN3O4/c1-4-7-20-11-10(12(19)21-14)8-16-17(11)6-5-13(2,3)15-9-18/h5-6,8-9H,4,7H2,1-3H3,(H,15,18)/b6-5+. The zero-order chi connectivity index (χ0) is 15.9. The van der Waals surface area contributed by atoms with Crippen molar-refractivity contribution in [3.05, 3.63) is 17.8 Å². The Labute approximate surface area is 121 Å². The molecule has 0 aliphatic carbocycles. The van der Waals surface area contributed by atoms with Gasteiger partial charge in [0.1, 0.15) is 5.56 Å². The number of hydrogen-bond acceptors (Lipinski definition) is 5. The lowest BCUT2D eigenvalue weighted by atomic mass is 10.1. The zero-order valence-corrected chi connectivity index (χ0v) is 12.1. The molecular formula is C13H18FN3O4. The van der Waals surface area contributed by atoms with Gasteiger partial charge in [-0.05, 0) is 26.3 Å². The Balaban J connectivity index is 3.06. The maximum absolute atomic E-state index is 12.1. The van der Waals surface area contributed by atoms with Crippen molar-refractivity contribution >= 4 is 18.6 Å². The van der Waals surface area contributed by atoms with E-state index in [-0.39, 0.29) is 11.4 Å². The van der Waals surface area contributed by atoms with Crippen LogP contribution in [0.3, 0.4) is 0 Å². The van der Waals surface area contributed by atoms with Crippen molar-refractivity contribution in [2.75, 3.05) is 6.61 Å². The predicted octanol–water partition coefficient (Wildman–Crippen LogP) is 1.71. The molecule has 1 rings (SSSR count). The molecule has 0 aliphatic heterocycles. The van der Waals surface area contributed by atoms with E-state index in [1.807, 2.05) is 6.92 Å². The molecule has 0 atom stereocenters. The fourth-order valence-electron chi connectivity index (χ4n) is 1.44. The van der Waals surface area contributed by atoms with E-state index in [1.54, 1.807) is 19.9 Å². The van der Waals surface area contributed by atoms with Gasteiger partial charge in [-0.2, -0.15) is 5.10 Å². The van der Waals surface area contributed by atoms with Crippen LogP contribution in [0.2, 0.25) is 0 Å². The second-order valence-electron chi connectivity index (χ2n) is 4.82. The maximum atomic E-state index is 12.1. The number of halogens is 1. The van der Waals surface area contributed by atoms with E-state index in [1.165, 1.54) is 10.9 Å². The van der Waals surface area contributed by atoms with Crippen molar-refractivity contribution in [2.24, 2.45) is 0 Å². The third kappa shape index (κ3) is 4.59. The summed E-state index contributed by atoms with van der Waals surface area (Å²) in [7, 11) is 0. The summed E-state index contributed by atoms with van der Waals surface area (Å²) in [6, 6.07) is 0. The van der Waals surface area contributed by atoms with Crippen LogP contribution in [0, 0.1) is 0 Å². The van der Waals surface area contributed by atoms with Gasteiger partial charge in [-0.15, -0.1) is 0 Å². The highest BCUT2D eigenvalue weighted by Crippen LogP contribution is 2.21. The highest BCUT2D eigenvalue weighted by atomic mass is 19.3. The summed E-state index contributed by atoms with van der Waals surface area (Å²) in [6.45, 7) is 5.76. The van der Waals surface area contributed by atoms with Crippen LogP contribution in [0.25, 0.3) is 6.20 Å². The largest absolute Gasteiger partial charge is 0.477 e. The van der Waals surface area contributed by atoms with Gasteiger partial charge in [0.2, 0.25) is 12.3 Å². The van der Waals surface area contributed by atoms with Gasteiger partial charge in [0, 0.05) is 10.7 Å². The van der Waals surface area contributed by atoms with Gasteiger partial charge in [0.25, 0.3) is 0 Å². The molecule has 1 amide bonds. The minimum atomic E-state index is -1.17. The summed E-state index contributed by atoms with van der Waals surface area (Å²) < 4.78 is 18.7. The number of nitrogens with one attached hydrogen (secondary N) is 1. The lowest BCUT2D eigenvalue weighted by Crippen LogP contribution is -2.35. The van der Waals surface area contributed by atoms with E-state index in [2.05, 4.69) is 15.4 Å². The van der Waals surface area contributed by atoms with Crippen LogP contribution < -0.4 is 10.1 Å². The topological polar surface area (TPSA) is 82.4 Å². The number of nitrogens with zero attached hydrogens (tertiary/aromatic N) is 2. The highest BCUT2D eigenvalue weighted by molar-refractivity contribution is 5.91. The number of ether oxygens (including phenoxy) is 1. The molecule has 0 radical (unpaired) electrons. The van der Waals surface area contributed by atoms with Crippen LogP contribution in [-0.2, 0) is 9.74 Å². The van der Waals surface area contributed by atoms with E-state index in [0.29, 0.717) is 19.4 Å². The molecule has 0 unspecified atom stereocenters. The van der Waals surface area contributed by atoms with Crippen molar-refractivity contribution in [1.29, 1.82) is 0 Å². The number of aromatic nitrogens is 2. The molecule has 1 aromatic rings. The molecule has 1 N–H and O–H groups in total. The first-order chi connectivity index (χ1) is 9.95. The summed E-state index contributed by atoms with van der Waals surface area (Å²) in [6.07, 6.45) is 5.59. The molecule has 8 heteroatoms. The van der Waals surface area contributed by atoms with Crippen molar-refractivity contribution in [3.63, 3.8) is 0 Å². The van der Waals surface area contributed by atoms with E-state index in [9.17, 15) is 14.1 Å². The molecular weight excluding hydrogens is 281 g/mol. The molecule has 0 spiro atoms. The van der Waals surface area contributed by atoms with Crippen LogP contribution in [0.15, 0.2) is 12.3 Å². The van der Waals surface area contributed by atoms with Crippen molar-refractivity contribution in [1.82, 2.24) is 15.1 Å². The average Bonchev–Trinajstić information content (AvgIpc) is 2.85. The summed E-state index contributed by atoms with van der Waals surface area (Å²) in [5, 5.41) is 6.52. The number of amides is 1.